The number of aryl methyl sites for hydroxylation is 1. The van der Waals surface area contributed by atoms with Crippen molar-refractivity contribution >= 4 is 5.91 Å². The minimum absolute atomic E-state index is 0.297. The van der Waals surface area contributed by atoms with E-state index in [1.54, 1.807) is 6.92 Å². The average Bonchev–Trinajstić information content (AvgIpc) is 3.05. The molecule has 1 amide bonds. The first-order valence-corrected chi connectivity index (χ1v) is 8.96. The Kier molecular flexibility index (Phi) is 5.18. The number of hydrogen-bond acceptors (Lipinski definition) is 4. The van der Waals surface area contributed by atoms with Gasteiger partial charge < -0.3 is 15.0 Å². The number of aromatic nitrogens is 3. The van der Waals surface area contributed by atoms with Crippen molar-refractivity contribution in [3.63, 3.8) is 0 Å². The number of fused-ring (bicyclic) bond motifs is 1. The Morgan fingerprint density at radius 2 is 2.08 bits per heavy atom. The minimum Gasteiger partial charge on any atom is -0.380 e. The van der Waals surface area contributed by atoms with Crippen molar-refractivity contribution < 1.29 is 9.90 Å². The molecule has 6 nitrogen and oxygen atoms in total. The molecule has 1 aromatic carbocycles. The normalized spacial score (nSPS) is 17.4. The van der Waals surface area contributed by atoms with E-state index in [0.717, 1.165) is 43.0 Å². The van der Waals surface area contributed by atoms with Crippen LogP contribution in [0.25, 0.3) is 0 Å². The molecule has 0 aliphatic carbocycles. The Labute approximate surface area is 148 Å². The van der Waals surface area contributed by atoms with Crippen molar-refractivity contribution in [2.45, 2.75) is 57.6 Å². The lowest BCUT2D eigenvalue weighted by Crippen LogP contribution is -2.48. The highest BCUT2D eigenvalue weighted by molar-refractivity contribution is 5.85. The van der Waals surface area contributed by atoms with Gasteiger partial charge in [-0.05, 0) is 25.3 Å². The largest absolute Gasteiger partial charge is 0.380 e. The second-order valence-corrected chi connectivity index (χ2v) is 6.93. The highest BCUT2D eigenvalue weighted by Gasteiger charge is 2.37. The van der Waals surface area contributed by atoms with Gasteiger partial charge in [-0.1, -0.05) is 37.3 Å². The van der Waals surface area contributed by atoms with Crippen LogP contribution in [-0.2, 0) is 24.2 Å². The van der Waals surface area contributed by atoms with Gasteiger partial charge in [-0.25, -0.2) is 0 Å². The molecule has 2 atom stereocenters. The van der Waals surface area contributed by atoms with Crippen molar-refractivity contribution in [1.82, 2.24) is 20.1 Å². The Morgan fingerprint density at radius 3 is 2.84 bits per heavy atom. The SMILES string of the molecule is C[C@@H](c1ccccc1)[C@@](C)(O)C(=O)NCCc1nnc2n1CCCC2. The number of carbonyl (C=O) groups excluding carboxylic acids is 1. The molecule has 0 saturated carbocycles. The van der Waals surface area contributed by atoms with Crippen LogP contribution in [0.3, 0.4) is 0 Å². The summed E-state index contributed by atoms with van der Waals surface area (Å²) < 4.78 is 2.15. The first-order chi connectivity index (χ1) is 12.0. The van der Waals surface area contributed by atoms with Gasteiger partial charge in [0.15, 0.2) is 0 Å². The quantitative estimate of drug-likeness (QED) is 0.839. The van der Waals surface area contributed by atoms with Gasteiger partial charge in [0.1, 0.15) is 17.2 Å². The lowest BCUT2D eigenvalue weighted by Gasteiger charge is -2.29. The molecule has 6 heteroatoms. The fourth-order valence-corrected chi connectivity index (χ4v) is 3.28. The first kappa shape index (κ1) is 17.6. The van der Waals surface area contributed by atoms with Crippen molar-refractivity contribution in [2.75, 3.05) is 6.54 Å². The van der Waals surface area contributed by atoms with E-state index in [0.29, 0.717) is 13.0 Å². The molecule has 134 valence electrons. The standard InChI is InChI=1S/C19H26N4O2/c1-14(15-8-4-3-5-9-15)19(2,25)18(24)20-12-11-17-22-21-16-10-6-7-13-23(16)17/h3-5,8-9,14,25H,6-7,10-13H2,1-2H3,(H,20,24)/t14-,19+/m0/s1. The predicted molar refractivity (Wildman–Crippen MR) is 95.2 cm³/mol. The molecular formula is C19H26N4O2. The summed E-state index contributed by atoms with van der Waals surface area (Å²) in [5.41, 5.74) is -0.528. The third kappa shape index (κ3) is 3.74. The number of aliphatic hydroxyl groups is 1. The molecule has 2 heterocycles. The fraction of sp³-hybridized carbons (Fsp3) is 0.526. The molecule has 1 aromatic heterocycles. The molecular weight excluding hydrogens is 316 g/mol. The van der Waals surface area contributed by atoms with Crippen LogP contribution in [0.4, 0.5) is 0 Å². The molecule has 0 bridgehead atoms. The second kappa shape index (κ2) is 7.35. The molecule has 3 rings (SSSR count). The monoisotopic (exact) mass is 342 g/mol. The van der Waals surface area contributed by atoms with Crippen molar-refractivity contribution in [3.8, 4) is 0 Å². The lowest BCUT2D eigenvalue weighted by atomic mass is 9.84. The van der Waals surface area contributed by atoms with E-state index in [4.69, 9.17) is 0 Å². The average molecular weight is 342 g/mol. The smallest absolute Gasteiger partial charge is 0.252 e. The van der Waals surface area contributed by atoms with Crippen LogP contribution in [0.1, 0.15) is 49.8 Å². The zero-order valence-electron chi connectivity index (χ0n) is 14.9. The van der Waals surface area contributed by atoms with Gasteiger partial charge in [0.25, 0.3) is 5.91 Å². The van der Waals surface area contributed by atoms with E-state index in [2.05, 4.69) is 20.1 Å². The molecule has 1 aliphatic rings. The third-order valence-corrected chi connectivity index (χ3v) is 5.17. The Bertz CT molecular complexity index is 724. The van der Waals surface area contributed by atoms with Crippen LogP contribution in [0, 0.1) is 0 Å². The van der Waals surface area contributed by atoms with Crippen LogP contribution in [-0.4, -0.2) is 37.9 Å². The predicted octanol–water partition coefficient (Wildman–Crippen LogP) is 1.83. The number of rotatable bonds is 6. The zero-order valence-corrected chi connectivity index (χ0v) is 14.9. The van der Waals surface area contributed by atoms with E-state index < -0.39 is 5.60 Å². The number of nitrogens with zero attached hydrogens (tertiary/aromatic N) is 3. The van der Waals surface area contributed by atoms with Gasteiger partial charge in [-0.3, -0.25) is 4.79 Å². The molecule has 0 unspecified atom stereocenters. The summed E-state index contributed by atoms with van der Waals surface area (Å²) >= 11 is 0. The Hall–Kier alpha value is -2.21. The maximum absolute atomic E-state index is 12.5. The Morgan fingerprint density at radius 1 is 1.32 bits per heavy atom. The summed E-state index contributed by atoms with van der Waals surface area (Å²) in [6.07, 6.45) is 3.90. The molecule has 0 spiro atoms. The summed E-state index contributed by atoms with van der Waals surface area (Å²) in [5, 5.41) is 22.0. The van der Waals surface area contributed by atoms with E-state index in [1.165, 1.54) is 0 Å². The summed E-state index contributed by atoms with van der Waals surface area (Å²) in [5.74, 6) is 1.29. The van der Waals surface area contributed by atoms with E-state index in [-0.39, 0.29) is 11.8 Å². The van der Waals surface area contributed by atoms with E-state index in [1.807, 2.05) is 37.3 Å². The van der Waals surface area contributed by atoms with Gasteiger partial charge in [-0.2, -0.15) is 0 Å². The van der Waals surface area contributed by atoms with Crippen LogP contribution in [0.2, 0.25) is 0 Å². The number of carbonyl (C=O) groups is 1. The first-order valence-electron chi connectivity index (χ1n) is 8.96. The van der Waals surface area contributed by atoms with Crippen LogP contribution in [0.5, 0.6) is 0 Å². The molecule has 0 saturated heterocycles. The summed E-state index contributed by atoms with van der Waals surface area (Å²) in [7, 11) is 0. The van der Waals surface area contributed by atoms with Gasteiger partial charge in [-0.15, -0.1) is 10.2 Å². The summed E-state index contributed by atoms with van der Waals surface area (Å²) in [6.45, 7) is 4.83. The van der Waals surface area contributed by atoms with Crippen molar-refractivity contribution in [3.05, 3.63) is 47.5 Å². The number of hydrogen-bond donors (Lipinski definition) is 2. The topological polar surface area (TPSA) is 80.0 Å². The maximum Gasteiger partial charge on any atom is 0.252 e. The lowest BCUT2D eigenvalue weighted by molar-refractivity contribution is -0.139. The van der Waals surface area contributed by atoms with Crippen molar-refractivity contribution in [1.29, 1.82) is 0 Å². The number of nitrogens with one attached hydrogen (secondary N) is 1. The van der Waals surface area contributed by atoms with Crippen LogP contribution < -0.4 is 5.32 Å². The van der Waals surface area contributed by atoms with Gasteiger partial charge in [0.2, 0.25) is 0 Å². The summed E-state index contributed by atoms with van der Waals surface area (Å²) in [6, 6.07) is 9.59. The maximum atomic E-state index is 12.5. The van der Waals surface area contributed by atoms with Gasteiger partial charge in [0, 0.05) is 31.8 Å². The van der Waals surface area contributed by atoms with E-state index in [9.17, 15) is 9.90 Å². The number of benzene rings is 1. The van der Waals surface area contributed by atoms with Gasteiger partial charge >= 0.3 is 0 Å². The minimum atomic E-state index is -1.47. The molecule has 1 aliphatic heterocycles. The molecule has 25 heavy (non-hydrogen) atoms. The molecule has 2 N–H and O–H groups in total. The van der Waals surface area contributed by atoms with Gasteiger partial charge in [0.05, 0.1) is 0 Å². The highest BCUT2D eigenvalue weighted by Crippen LogP contribution is 2.27. The van der Waals surface area contributed by atoms with Crippen molar-refractivity contribution in [2.24, 2.45) is 0 Å². The fourth-order valence-electron chi connectivity index (χ4n) is 3.28. The molecule has 2 aromatic rings. The van der Waals surface area contributed by atoms with E-state index >= 15 is 0 Å². The Balaban J connectivity index is 1.57. The third-order valence-electron chi connectivity index (χ3n) is 5.17. The summed E-state index contributed by atoms with van der Waals surface area (Å²) in [4.78, 5) is 12.5. The number of amides is 1. The molecule has 0 radical (unpaired) electrons. The second-order valence-electron chi connectivity index (χ2n) is 6.93. The zero-order chi connectivity index (χ0) is 17.9. The van der Waals surface area contributed by atoms with Crippen LogP contribution in [0.15, 0.2) is 30.3 Å². The van der Waals surface area contributed by atoms with Crippen LogP contribution >= 0.6 is 0 Å². The highest BCUT2D eigenvalue weighted by atomic mass is 16.3. The molecule has 0 fully saturated rings.